The molecule has 2 aromatic carbocycles. The first-order valence-corrected chi connectivity index (χ1v) is 10.7. The summed E-state index contributed by atoms with van der Waals surface area (Å²) >= 11 is 1.63. The molecular formula is C24H21N3O4S. The van der Waals surface area contributed by atoms with E-state index in [-0.39, 0.29) is 23.7 Å². The second kappa shape index (κ2) is 9.23. The summed E-state index contributed by atoms with van der Waals surface area (Å²) in [5, 5.41) is 5.62. The third kappa shape index (κ3) is 4.50. The first-order chi connectivity index (χ1) is 15.5. The highest BCUT2D eigenvalue weighted by Crippen LogP contribution is 2.29. The van der Waals surface area contributed by atoms with Gasteiger partial charge in [-0.25, -0.2) is 14.5 Å². The van der Waals surface area contributed by atoms with Crippen molar-refractivity contribution < 1.29 is 14.3 Å². The van der Waals surface area contributed by atoms with Crippen molar-refractivity contribution in [3.63, 3.8) is 0 Å². The van der Waals surface area contributed by atoms with Crippen LogP contribution in [0.3, 0.4) is 0 Å². The van der Waals surface area contributed by atoms with Gasteiger partial charge in [0.05, 0.1) is 32.3 Å². The third-order valence-corrected chi connectivity index (χ3v) is 5.94. The summed E-state index contributed by atoms with van der Waals surface area (Å²) in [5.74, 6) is -0.322. The van der Waals surface area contributed by atoms with Crippen LogP contribution in [-0.4, -0.2) is 35.0 Å². The molecule has 0 bridgehead atoms. The number of aromatic nitrogens is 3. The van der Waals surface area contributed by atoms with E-state index in [9.17, 15) is 9.59 Å². The molecule has 2 heterocycles. The Kier molecular flexibility index (Phi) is 6.23. The van der Waals surface area contributed by atoms with Crippen LogP contribution in [0.2, 0.25) is 0 Å². The highest BCUT2D eigenvalue weighted by atomic mass is 32.2. The van der Waals surface area contributed by atoms with Crippen molar-refractivity contribution in [3.8, 4) is 5.88 Å². The molecule has 0 N–H and O–H groups in total. The van der Waals surface area contributed by atoms with Crippen LogP contribution in [0.5, 0.6) is 5.88 Å². The fourth-order valence-electron chi connectivity index (χ4n) is 3.23. The first kappa shape index (κ1) is 21.6. The number of nitrogens with zero attached hydrogens (tertiary/aromatic N) is 3. The van der Waals surface area contributed by atoms with Gasteiger partial charge in [0.1, 0.15) is 0 Å². The Morgan fingerprint density at radius 3 is 2.50 bits per heavy atom. The lowest BCUT2D eigenvalue weighted by molar-refractivity contribution is 0.0591. The van der Waals surface area contributed by atoms with Gasteiger partial charge < -0.3 is 9.47 Å². The third-order valence-electron chi connectivity index (χ3n) is 4.94. The Bertz CT molecular complexity index is 1350. The molecule has 0 spiro atoms. The molecule has 162 valence electrons. The van der Waals surface area contributed by atoms with Crippen LogP contribution in [0.25, 0.3) is 10.8 Å². The average molecular weight is 448 g/mol. The van der Waals surface area contributed by atoms with Gasteiger partial charge in [0.25, 0.3) is 5.56 Å². The number of fused-ring (bicyclic) bond motifs is 1. The number of carbonyl (C=O) groups excluding carboxylic acids is 1. The summed E-state index contributed by atoms with van der Waals surface area (Å²) in [5.41, 5.74) is 1.56. The normalized spacial score (nSPS) is 10.8. The van der Waals surface area contributed by atoms with Crippen LogP contribution in [0.4, 0.5) is 0 Å². The molecule has 0 aliphatic carbocycles. The maximum absolute atomic E-state index is 13.0. The zero-order valence-corrected chi connectivity index (χ0v) is 18.7. The van der Waals surface area contributed by atoms with Gasteiger partial charge in [-0.2, -0.15) is 5.10 Å². The van der Waals surface area contributed by atoms with Crippen molar-refractivity contribution in [2.24, 2.45) is 0 Å². The Hall–Kier alpha value is -3.65. The molecule has 4 rings (SSSR count). The van der Waals surface area contributed by atoms with Gasteiger partial charge >= 0.3 is 5.97 Å². The largest absolute Gasteiger partial charge is 0.481 e. The molecule has 0 radical (unpaired) electrons. The molecule has 2 aromatic heterocycles. The maximum Gasteiger partial charge on any atom is 0.357 e. The maximum atomic E-state index is 13.0. The number of carbonyl (C=O) groups is 1. The molecule has 0 aliphatic heterocycles. The van der Waals surface area contributed by atoms with Gasteiger partial charge in [-0.3, -0.25) is 4.79 Å². The minimum atomic E-state index is -0.606. The van der Waals surface area contributed by atoms with Gasteiger partial charge in [-0.15, -0.1) is 0 Å². The Morgan fingerprint density at radius 1 is 1.03 bits per heavy atom. The van der Waals surface area contributed by atoms with Crippen LogP contribution in [0, 0.1) is 6.92 Å². The van der Waals surface area contributed by atoms with Crippen LogP contribution >= 0.6 is 11.8 Å². The van der Waals surface area contributed by atoms with E-state index in [1.807, 2.05) is 12.1 Å². The Morgan fingerprint density at radius 2 is 1.78 bits per heavy atom. The molecule has 0 saturated heterocycles. The van der Waals surface area contributed by atoms with Crippen molar-refractivity contribution in [2.45, 2.75) is 23.3 Å². The molecular weight excluding hydrogens is 426 g/mol. The molecule has 7 nitrogen and oxygen atoms in total. The van der Waals surface area contributed by atoms with Gasteiger partial charge in [0.2, 0.25) is 5.88 Å². The number of benzene rings is 2. The molecule has 0 saturated carbocycles. The Labute approximate surface area is 189 Å². The van der Waals surface area contributed by atoms with E-state index in [2.05, 4.69) is 41.3 Å². The summed E-state index contributed by atoms with van der Waals surface area (Å²) in [7, 11) is 2.74. The first-order valence-electron chi connectivity index (χ1n) is 9.85. The van der Waals surface area contributed by atoms with Crippen molar-refractivity contribution in [3.05, 3.63) is 88.0 Å². The van der Waals surface area contributed by atoms with Crippen LogP contribution in [-0.2, 0) is 11.3 Å². The summed E-state index contributed by atoms with van der Waals surface area (Å²) in [6.07, 6.45) is 1.66. The van der Waals surface area contributed by atoms with E-state index < -0.39 is 5.97 Å². The molecule has 0 atom stereocenters. The molecule has 0 aliphatic rings. The van der Waals surface area contributed by atoms with E-state index >= 15 is 0 Å². The van der Waals surface area contributed by atoms with Gasteiger partial charge in [0, 0.05) is 26.8 Å². The van der Waals surface area contributed by atoms with Crippen LogP contribution < -0.4 is 10.3 Å². The number of rotatable bonds is 6. The van der Waals surface area contributed by atoms with Gasteiger partial charge in [0.15, 0.2) is 5.69 Å². The highest BCUT2D eigenvalue weighted by Gasteiger charge is 2.17. The number of hydrogen-bond donors (Lipinski definition) is 0. The molecule has 0 unspecified atom stereocenters. The summed E-state index contributed by atoms with van der Waals surface area (Å²) < 4.78 is 11.2. The topological polar surface area (TPSA) is 83.3 Å². The van der Waals surface area contributed by atoms with Gasteiger partial charge in [-0.05, 0) is 43.3 Å². The fourth-order valence-corrected chi connectivity index (χ4v) is 4.10. The van der Waals surface area contributed by atoms with Crippen molar-refractivity contribution in [1.29, 1.82) is 0 Å². The van der Waals surface area contributed by atoms with Crippen LogP contribution in [0.1, 0.15) is 21.6 Å². The molecule has 32 heavy (non-hydrogen) atoms. The summed E-state index contributed by atoms with van der Waals surface area (Å²) in [6.45, 7) is 2.13. The van der Waals surface area contributed by atoms with E-state index in [0.717, 1.165) is 15.2 Å². The molecule has 0 fully saturated rings. The number of ether oxygens (including phenoxy) is 2. The second-order valence-electron chi connectivity index (χ2n) is 7.12. The predicted octanol–water partition coefficient (Wildman–Crippen LogP) is 4.09. The van der Waals surface area contributed by atoms with E-state index in [4.69, 9.17) is 9.47 Å². The van der Waals surface area contributed by atoms with Gasteiger partial charge in [-0.1, -0.05) is 29.5 Å². The zero-order chi connectivity index (χ0) is 22.7. The SMILES string of the molecule is COC(=O)c1nc(OC)ccc1Cn1ncc2cc(Sc3ccc(C)cc3)ccc2c1=O. The second-order valence-corrected chi connectivity index (χ2v) is 8.27. The number of aryl methyl sites for hydroxylation is 1. The highest BCUT2D eigenvalue weighted by molar-refractivity contribution is 7.99. The number of esters is 1. The lowest BCUT2D eigenvalue weighted by Gasteiger charge is -2.11. The lowest BCUT2D eigenvalue weighted by atomic mass is 10.1. The monoisotopic (exact) mass is 447 g/mol. The van der Waals surface area contributed by atoms with Crippen LogP contribution in [0.15, 0.2) is 75.4 Å². The average Bonchev–Trinajstić information content (AvgIpc) is 2.82. The standard InChI is InChI=1S/C24H21N3O4S/c1-15-4-7-18(8-5-15)32-19-9-10-20-17(12-19)13-25-27(23(20)28)14-16-6-11-21(30-2)26-22(16)24(29)31-3/h4-13H,14H2,1-3H3. The quantitative estimate of drug-likeness (QED) is 0.412. The van der Waals surface area contributed by atoms with Crippen molar-refractivity contribution in [2.75, 3.05) is 14.2 Å². The summed E-state index contributed by atoms with van der Waals surface area (Å²) in [6, 6.07) is 17.3. The van der Waals surface area contributed by atoms with E-state index in [0.29, 0.717) is 10.9 Å². The minimum absolute atomic E-state index is 0.0794. The van der Waals surface area contributed by atoms with E-state index in [1.54, 1.807) is 36.2 Å². The van der Waals surface area contributed by atoms with E-state index in [1.165, 1.54) is 24.5 Å². The Balaban J connectivity index is 1.65. The van der Waals surface area contributed by atoms with Crippen molar-refractivity contribution in [1.82, 2.24) is 14.8 Å². The number of methoxy groups -OCH3 is 2. The molecule has 0 amide bonds. The minimum Gasteiger partial charge on any atom is -0.481 e. The number of hydrogen-bond acceptors (Lipinski definition) is 7. The zero-order valence-electron chi connectivity index (χ0n) is 17.9. The molecule has 4 aromatic rings. The van der Waals surface area contributed by atoms with Crippen molar-refractivity contribution >= 4 is 28.5 Å². The smallest absolute Gasteiger partial charge is 0.357 e. The number of pyridine rings is 1. The molecule has 8 heteroatoms. The summed E-state index contributed by atoms with van der Waals surface area (Å²) in [4.78, 5) is 31.5. The lowest BCUT2D eigenvalue weighted by Crippen LogP contribution is -2.24. The predicted molar refractivity (Wildman–Crippen MR) is 123 cm³/mol. The fraction of sp³-hybridized carbons (Fsp3) is 0.167.